The molecule has 1 aliphatic carbocycles. The van der Waals surface area contributed by atoms with Crippen molar-refractivity contribution < 1.29 is 23.5 Å². The molecule has 1 heterocycles. The van der Waals surface area contributed by atoms with Gasteiger partial charge < -0.3 is 10.0 Å². The molecule has 112 valence electrons. The van der Waals surface area contributed by atoms with Crippen LogP contribution < -0.4 is 0 Å². The van der Waals surface area contributed by atoms with Crippen LogP contribution in [0.15, 0.2) is 18.2 Å². The number of amides is 1. The highest BCUT2D eigenvalue weighted by Gasteiger charge is 2.48. The van der Waals surface area contributed by atoms with Crippen molar-refractivity contribution in [2.24, 2.45) is 5.92 Å². The number of hydrogen-bond donors (Lipinski definition) is 1. The first-order valence-corrected chi connectivity index (χ1v) is 6.97. The van der Waals surface area contributed by atoms with Crippen molar-refractivity contribution in [3.63, 3.8) is 0 Å². The van der Waals surface area contributed by atoms with Crippen LogP contribution in [-0.4, -0.2) is 34.5 Å². The topological polar surface area (TPSA) is 57.6 Å². The van der Waals surface area contributed by atoms with Crippen LogP contribution in [-0.2, 0) is 9.59 Å². The minimum absolute atomic E-state index is 0.136. The van der Waals surface area contributed by atoms with Gasteiger partial charge in [0.05, 0.1) is 0 Å². The van der Waals surface area contributed by atoms with Crippen LogP contribution in [0.5, 0.6) is 0 Å². The maximum Gasteiger partial charge on any atom is 0.326 e. The molecule has 0 spiro atoms. The molecule has 0 aromatic heterocycles. The van der Waals surface area contributed by atoms with Gasteiger partial charge in [0.25, 0.3) is 0 Å². The van der Waals surface area contributed by atoms with Crippen LogP contribution in [0, 0.1) is 17.6 Å². The third-order valence-corrected chi connectivity index (χ3v) is 4.30. The fourth-order valence-electron chi connectivity index (χ4n) is 3.08. The van der Waals surface area contributed by atoms with E-state index in [1.165, 1.54) is 11.0 Å². The average Bonchev–Trinajstić information content (AvgIpc) is 3.08. The van der Waals surface area contributed by atoms with Crippen molar-refractivity contribution in [3.8, 4) is 0 Å². The molecule has 0 bridgehead atoms. The van der Waals surface area contributed by atoms with Gasteiger partial charge in [0.2, 0.25) is 5.91 Å². The highest BCUT2D eigenvalue weighted by atomic mass is 19.2. The van der Waals surface area contributed by atoms with Crippen LogP contribution in [0.2, 0.25) is 0 Å². The maximum absolute atomic E-state index is 13.2. The summed E-state index contributed by atoms with van der Waals surface area (Å²) in [5, 5.41) is 9.10. The lowest BCUT2D eigenvalue weighted by atomic mass is 10.1. The van der Waals surface area contributed by atoms with Crippen LogP contribution in [0.1, 0.15) is 30.7 Å². The lowest BCUT2D eigenvalue weighted by Gasteiger charge is -2.21. The van der Waals surface area contributed by atoms with Gasteiger partial charge in [-0.3, -0.25) is 4.79 Å². The second-order valence-corrected chi connectivity index (χ2v) is 5.65. The number of aliphatic carboxylic acids is 1. The highest BCUT2D eigenvalue weighted by molar-refractivity contribution is 5.88. The number of nitrogens with zero attached hydrogens (tertiary/aromatic N) is 1. The fraction of sp³-hybridized carbons (Fsp3) is 0.467. The van der Waals surface area contributed by atoms with E-state index in [1.807, 2.05) is 0 Å². The van der Waals surface area contributed by atoms with E-state index < -0.39 is 23.6 Å². The van der Waals surface area contributed by atoms with E-state index in [1.54, 1.807) is 0 Å². The molecule has 21 heavy (non-hydrogen) atoms. The summed E-state index contributed by atoms with van der Waals surface area (Å²) < 4.78 is 26.1. The number of carbonyl (C=O) groups excluding carboxylic acids is 1. The zero-order chi connectivity index (χ0) is 15.1. The fourth-order valence-corrected chi connectivity index (χ4v) is 3.08. The second-order valence-electron chi connectivity index (χ2n) is 5.65. The average molecular weight is 295 g/mol. The van der Waals surface area contributed by atoms with E-state index >= 15 is 0 Å². The largest absolute Gasteiger partial charge is 0.480 e. The molecule has 1 saturated heterocycles. The molecule has 1 aliphatic heterocycles. The summed E-state index contributed by atoms with van der Waals surface area (Å²) in [7, 11) is 0. The third-order valence-electron chi connectivity index (χ3n) is 4.30. The number of likely N-dealkylation sites (tertiary alicyclic amines) is 1. The Kier molecular flexibility index (Phi) is 3.39. The van der Waals surface area contributed by atoms with Crippen molar-refractivity contribution in [2.45, 2.75) is 31.2 Å². The Morgan fingerprint density at radius 1 is 1.24 bits per heavy atom. The van der Waals surface area contributed by atoms with Crippen LogP contribution >= 0.6 is 0 Å². The van der Waals surface area contributed by atoms with Gasteiger partial charge in [0, 0.05) is 12.5 Å². The lowest BCUT2D eigenvalue weighted by molar-refractivity contribution is -0.148. The normalized spacial score (nSPS) is 27.7. The summed E-state index contributed by atoms with van der Waals surface area (Å²) in [6.45, 7) is 0.455. The zero-order valence-electron chi connectivity index (χ0n) is 11.3. The summed E-state index contributed by atoms with van der Waals surface area (Å²) in [6, 6.07) is 2.91. The molecule has 1 N–H and O–H groups in total. The van der Waals surface area contributed by atoms with Crippen molar-refractivity contribution in [1.82, 2.24) is 4.90 Å². The Bertz CT molecular complexity index is 605. The molecule has 0 unspecified atom stereocenters. The van der Waals surface area contributed by atoms with Gasteiger partial charge in [-0.1, -0.05) is 6.07 Å². The summed E-state index contributed by atoms with van der Waals surface area (Å²) in [5.74, 6) is -3.44. The van der Waals surface area contributed by atoms with Gasteiger partial charge in [-0.25, -0.2) is 13.6 Å². The SMILES string of the molecule is O=C(O)[C@H]1CCCN1C(=O)[C@@H]1C[C@H]1c1ccc(F)c(F)c1. The van der Waals surface area contributed by atoms with Crippen molar-refractivity contribution >= 4 is 11.9 Å². The molecule has 2 aliphatic rings. The van der Waals surface area contributed by atoms with Crippen LogP contribution in [0.3, 0.4) is 0 Å². The molecule has 3 atom stereocenters. The molecular weight excluding hydrogens is 280 g/mol. The lowest BCUT2D eigenvalue weighted by Crippen LogP contribution is -2.41. The predicted molar refractivity (Wildman–Crippen MR) is 69.6 cm³/mol. The summed E-state index contributed by atoms with van der Waals surface area (Å²) >= 11 is 0. The number of carbonyl (C=O) groups is 2. The minimum Gasteiger partial charge on any atom is -0.480 e. The predicted octanol–water partition coefficient (Wildman–Crippen LogP) is 2.14. The Morgan fingerprint density at radius 3 is 2.67 bits per heavy atom. The molecule has 1 aromatic carbocycles. The smallest absolute Gasteiger partial charge is 0.326 e. The molecule has 1 aromatic rings. The first kappa shape index (κ1) is 14.0. The number of carboxylic acids is 1. The number of carboxylic acid groups (broad SMARTS) is 1. The Hall–Kier alpha value is -1.98. The van der Waals surface area contributed by atoms with E-state index in [0.717, 1.165) is 12.1 Å². The second kappa shape index (κ2) is 5.09. The monoisotopic (exact) mass is 295 g/mol. The number of halogens is 2. The summed E-state index contributed by atoms with van der Waals surface area (Å²) in [5.41, 5.74) is 0.596. The van der Waals surface area contributed by atoms with Crippen molar-refractivity contribution in [3.05, 3.63) is 35.4 Å². The summed E-state index contributed by atoms with van der Waals surface area (Å²) in [4.78, 5) is 24.9. The van der Waals surface area contributed by atoms with E-state index in [2.05, 4.69) is 0 Å². The molecule has 6 heteroatoms. The molecular formula is C15H15F2NO3. The van der Waals surface area contributed by atoms with Crippen molar-refractivity contribution in [1.29, 1.82) is 0 Å². The first-order chi connectivity index (χ1) is 9.99. The molecule has 4 nitrogen and oxygen atoms in total. The number of rotatable bonds is 3. The molecule has 3 rings (SSSR count). The highest BCUT2D eigenvalue weighted by Crippen LogP contribution is 2.49. The third kappa shape index (κ3) is 2.50. The van der Waals surface area contributed by atoms with Gasteiger partial charge >= 0.3 is 5.97 Å². The maximum atomic E-state index is 13.2. The van der Waals surface area contributed by atoms with Crippen molar-refractivity contribution in [2.75, 3.05) is 6.54 Å². The molecule has 0 radical (unpaired) electrons. The van der Waals surface area contributed by atoms with E-state index in [9.17, 15) is 18.4 Å². The van der Waals surface area contributed by atoms with Gasteiger partial charge in [-0.15, -0.1) is 0 Å². The van der Waals surface area contributed by atoms with Gasteiger partial charge in [0.15, 0.2) is 11.6 Å². The molecule has 1 saturated carbocycles. The van der Waals surface area contributed by atoms with Gasteiger partial charge in [-0.05, 0) is 42.9 Å². The zero-order valence-corrected chi connectivity index (χ0v) is 11.3. The Morgan fingerprint density at radius 2 is 2.00 bits per heavy atom. The number of hydrogen-bond acceptors (Lipinski definition) is 2. The quantitative estimate of drug-likeness (QED) is 0.929. The van der Waals surface area contributed by atoms with E-state index in [4.69, 9.17) is 5.11 Å². The van der Waals surface area contributed by atoms with Crippen LogP contribution in [0.25, 0.3) is 0 Å². The standard InChI is InChI=1S/C15H15F2NO3/c16-11-4-3-8(6-12(11)17)9-7-10(9)14(19)18-5-1-2-13(18)15(20)21/h3-4,6,9-10,13H,1-2,5,7H2,(H,20,21)/t9-,10+,13+/m0/s1. The van der Waals surface area contributed by atoms with Gasteiger partial charge in [-0.2, -0.15) is 0 Å². The minimum atomic E-state index is -0.981. The Labute approximate surface area is 120 Å². The number of benzene rings is 1. The van der Waals surface area contributed by atoms with Crippen LogP contribution in [0.4, 0.5) is 8.78 Å². The van der Waals surface area contributed by atoms with E-state index in [-0.39, 0.29) is 17.7 Å². The molecule has 1 amide bonds. The van der Waals surface area contributed by atoms with E-state index in [0.29, 0.717) is 31.4 Å². The molecule has 2 fully saturated rings. The van der Waals surface area contributed by atoms with Gasteiger partial charge in [0.1, 0.15) is 6.04 Å². The summed E-state index contributed by atoms with van der Waals surface area (Å²) in [6.07, 6.45) is 1.72. The first-order valence-electron chi connectivity index (χ1n) is 6.97. The Balaban J connectivity index is 1.71.